The van der Waals surface area contributed by atoms with Crippen LogP contribution >= 0.6 is 0 Å². The average molecular weight is 443 g/mol. The molecule has 0 bridgehead atoms. The second-order valence-electron chi connectivity index (χ2n) is 14.2. The Balaban J connectivity index is 1.58. The number of carboxylic acids is 1. The summed E-state index contributed by atoms with van der Waals surface area (Å²) in [6.07, 6.45) is 9.21. The van der Waals surface area contributed by atoms with Gasteiger partial charge in [-0.25, -0.2) is 0 Å². The topological polar surface area (TPSA) is 57.5 Å². The molecule has 5 rings (SSSR count). The van der Waals surface area contributed by atoms with Crippen molar-refractivity contribution in [2.24, 2.45) is 56.7 Å². The first-order chi connectivity index (χ1) is 14.8. The molecule has 10 atom stereocenters. The van der Waals surface area contributed by atoms with Crippen LogP contribution in [0.3, 0.4) is 0 Å². The first-order valence-electron chi connectivity index (χ1n) is 13.3. The molecule has 0 saturated heterocycles. The third-order valence-electron chi connectivity index (χ3n) is 13.1. The Morgan fingerprint density at radius 3 is 2.19 bits per heavy atom. The van der Waals surface area contributed by atoms with Gasteiger partial charge < -0.3 is 10.2 Å². The normalized spacial score (nSPS) is 56.0. The van der Waals surface area contributed by atoms with Crippen LogP contribution in [-0.2, 0) is 4.79 Å². The maximum atomic E-state index is 12.7. The highest BCUT2D eigenvalue weighted by Gasteiger charge is 2.72. The van der Waals surface area contributed by atoms with E-state index in [1.165, 1.54) is 24.8 Å². The molecule has 3 heteroatoms. The highest BCUT2D eigenvalue weighted by molar-refractivity contribution is 5.76. The number of aliphatic hydroxyl groups excluding tert-OH is 1. The zero-order valence-electron chi connectivity index (χ0n) is 21.3. The molecule has 0 aromatic heterocycles. The Bertz CT molecular complexity index is 845. The van der Waals surface area contributed by atoms with Gasteiger partial charge in [-0.1, -0.05) is 46.8 Å². The van der Waals surface area contributed by atoms with Gasteiger partial charge in [0.2, 0.25) is 0 Å². The number of aliphatic hydroxyl groups is 1. The van der Waals surface area contributed by atoms with Gasteiger partial charge in [0.05, 0.1) is 11.5 Å². The number of carbonyl (C=O) groups is 1. The van der Waals surface area contributed by atoms with Crippen LogP contribution < -0.4 is 0 Å². The predicted octanol–water partition coefficient (Wildman–Crippen LogP) is 6.70. The Kier molecular flexibility index (Phi) is 4.76. The van der Waals surface area contributed by atoms with Crippen molar-refractivity contribution in [2.45, 2.75) is 105 Å². The molecule has 0 aliphatic heterocycles. The Hall–Kier alpha value is -0.830. The molecule has 0 spiro atoms. The first kappa shape index (κ1) is 22.9. The van der Waals surface area contributed by atoms with Crippen LogP contribution in [-0.4, -0.2) is 22.3 Å². The van der Waals surface area contributed by atoms with Crippen LogP contribution in [0.2, 0.25) is 0 Å². The molecular weight excluding hydrogens is 396 g/mol. The number of hydrogen-bond acceptors (Lipinski definition) is 2. The highest BCUT2D eigenvalue weighted by Crippen LogP contribution is 2.78. The van der Waals surface area contributed by atoms with E-state index in [1.807, 2.05) is 0 Å². The molecule has 0 heterocycles. The van der Waals surface area contributed by atoms with Crippen molar-refractivity contribution in [2.75, 3.05) is 0 Å². The highest BCUT2D eigenvalue weighted by atomic mass is 16.4. The molecule has 3 nitrogen and oxygen atoms in total. The molecule has 5 fully saturated rings. The molecule has 0 radical (unpaired) electrons. The fourth-order valence-corrected chi connectivity index (χ4v) is 11.3. The molecule has 5 saturated carbocycles. The van der Waals surface area contributed by atoms with E-state index in [-0.39, 0.29) is 33.7 Å². The monoisotopic (exact) mass is 442 g/mol. The lowest BCUT2D eigenvalue weighted by atomic mass is 9.34. The fraction of sp³-hybridized carbons (Fsp3) is 0.897. The third-order valence-corrected chi connectivity index (χ3v) is 13.1. The van der Waals surface area contributed by atoms with Crippen molar-refractivity contribution in [1.82, 2.24) is 0 Å². The molecule has 0 aromatic carbocycles. The lowest BCUT2D eigenvalue weighted by Gasteiger charge is -2.70. The van der Waals surface area contributed by atoms with E-state index in [2.05, 4.69) is 48.1 Å². The van der Waals surface area contributed by atoms with Crippen molar-refractivity contribution in [3.05, 3.63) is 12.2 Å². The Labute approximate surface area is 195 Å². The van der Waals surface area contributed by atoms with Crippen molar-refractivity contribution >= 4 is 5.97 Å². The van der Waals surface area contributed by atoms with E-state index < -0.39 is 11.4 Å². The number of fused-ring (bicyclic) bond motifs is 7. The second-order valence-corrected chi connectivity index (χ2v) is 14.2. The lowest BCUT2D eigenvalue weighted by molar-refractivity contribution is -0.221. The maximum Gasteiger partial charge on any atom is 0.309 e. The SMILES string of the molecule is C=C(C)[C@@H]1CC[C@]2(C(=O)O)CC[C@]3(C)C(CCC4[C@@]5(C)CC(O)C(C)(C)C5CC[C@]43C)C12. The summed E-state index contributed by atoms with van der Waals surface area (Å²) in [6, 6.07) is 0. The predicted molar refractivity (Wildman–Crippen MR) is 128 cm³/mol. The fourth-order valence-electron chi connectivity index (χ4n) is 11.3. The number of hydrogen-bond donors (Lipinski definition) is 2. The zero-order valence-corrected chi connectivity index (χ0v) is 21.3. The molecule has 0 amide bonds. The minimum atomic E-state index is -0.545. The second kappa shape index (κ2) is 6.64. The van der Waals surface area contributed by atoms with Gasteiger partial charge in [0, 0.05) is 0 Å². The lowest BCUT2D eigenvalue weighted by Crippen LogP contribution is -2.64. The van der Waals surface area contributed by atoms with E-state index in [9.17, 15) is 15.0 Å². The molecule has 2 N–H and O–H groups in total. The van der Waals surface area contributed by atoms with Crippen molar-refractivity contribution < 1.29 is 15.0 Å². The van der Waals surface area contributed by atoms with E-state index in [1.54, 1.807) is 0 Å². The molecule has 5 unspecified atom stereocenters. The van der Waals surface area contributed by atoms with E-state index in [0.29, 0.717) is 23.7 Å². The molecule has 32 heavy (non-hydrogen) atoms. The van der Waals surface area contributed by atoms with Gasteiger partial charge in [-0.05, 0) is 116 Å². The number of aliphatic carboxylic acids is 1. The first-order valence-corrected chi connectivity index (χ1v) is 13.3. The largest absolute Gasteiger partial charge is 0.481 e. The van der Waals surface area contributed by atoms with Crippen LogP contribution in [0.15, 0.2) is 12.2 Å². The minimum absolute atomic E-state index is 0.00460. The maximum absolute atomic E-state index is 12.7. The van der Waals surface area contributed by atoms with Crippen LogP contribution in [0.25, 0.3) is 0 Å². The van der Waals surface area contributed by atoms with E-state index in [4.69, 9.17) is 0 Å². The number of allylic oxidation sites excluding steroid dienone is 1. The van der Waals surface area contributed by atoms with Crippen molar-refractivity contribution in [3.8, 4) is 0 Å². The van der Waals surface area contributed by atoms with E-state index in [0.717, 1.165) is 38.5 Å². The van der Waals surface area contributed by atoms with E-state index >= 15 is 0 Å². The summed E-state index contributed by atoms with van der Waals surface area (Å²) in [5.41, 5.74) is 1.23. The molecular formula is C29H46O3. The van der Waals surface area contributed by atoms with Gasteiger partial charge in [-0.3, -0.25) is 4.79 Å². The van der Waals surface area contributed by atoms with Crippen LogP contribution in [0.4, 0.5) is 0 Å². The zero-order chi connectivity index (χ0) is 23.5. The summed E-state index contributed by atoms with van der Waals surface area (Å²) in [5.74, 6) is 1.72. The van der Waals surface area contributed by atoms with Gasteiger partial charge in [-0.2, -0.15) is 0 Å². The summed E-state index contributed by atoms with van der Waals surface area (Å²) >= 11 is 0. The minimum Gasteiger partial charge on any atom is -0.481 e. The third kappa shape index (κ3) is 2.45. The molecule has 180 valence electrons. The Morgan fingerprint density at radius 1 is 0.875 bits per heavy atom. The van der Waals surface area contributed by atoms with Crippen molar-refractivity contribution in [3.63, 3.8) is 0 Å². The smallest absolute Gasteiger partial charge is 0.309 e. The quantitative estimate of drug-likeness (QED) is 0.468. The van der Waals surface area contributed by atoms with Gasteiger partial charge in [0.25, 0.3) is 0 Å². The summed E-state index contributed by atoms with van der Waals surface area (Å²) in [5, 5.41) is 21.5. The summed E-state index contributed by atoms with van der Waals surface area (Å²) < 4.78 is 0. The van der Waals surface area contributed by atoms with Gasteiger partial charge in [-0.15, -0.1) is 0 Å². The Morgan fingerprint density at radius 2 is 1.56 bits per heavy atom. The summed E-state index contributed by atoms with van der Waals surface area (Å²) in [7, 11) is 0. The molecule has 5 aliphatic carbocycles. The summed E-state index contributed by atoms with van der Waals surface area (Å²) in [6.45, 7) is 18.7. The average Bonchev–Trinajstić information content (AvgIpc) is 3.17. The van der Waals surface area contributed by atoms with Gasteiger partial charge >= 0.3 is 5.97 Å². The van der Waals surface area contributed by atoms with Gasteiger partial charge in [0.15, 0.2) is 0 Å². The van der Waals surface area contributed by atoms with Gasteiger partial charge in [0.1, 0.15) is 0 Å². The van der Waals surface area contributed by atoms with Crippen LogP contribution in [0.5, 0.6) is 0 Å². The van der Waals surface area contributed by atoms with Crippen LogP contribution in [0.1, 0.15) is 99.3 Å². The number of rotatable bonds is 2. The van der Waals surface area contributed by atoms with Crippen molar-refractivity contribution in [1.29, 1.82) is 0 Å². The molecule has 5 aliphatic rings. The molecule has 0 aromatic rings. The number of carboxylic acid groups (broad SMARTS) is 1. The summed E-state index contributed by atoms with van der Waals surface area (Å²) in [4.78, 5) is 12.7. The van der Waals surface area contributed by atoms with Crippen LogP contribution in [0, 0.1) is 56.7 Å². The standard InChI is InChI=1S/C29H46O3/c1-17(2)18-10-13-29(24(31)32)15-14-27(6)19(23(18)29)8-9-21-26(5)16-22(30)25(3,4)20(26)11-12-28(21,27)7/h18-23,30H,1,8-16H2,2-7H3,(H,31,32)/t18-,19?,20?,21?,22?,23?,26-,27+,28+,29-/m0/s1.